The molecule has 0 radical (unpaired) electrons. The van der Waals surface area contributed by atoms with Gasteiger partial charge < -0.3 is 50.5 Å². The molecule has 0 saturated heterocycles. The van der Waals surface area contributed by atoms with Crippen molar-refractivity contribution in [2.75, 3.05) is 79.2 Å². The van der Waals surface area contributed by atoms with Crippen molar-refractivity contribution < 1.29 is 38.0 Å². The Morgan fingerprint density at radius 3 is 1.19 bits per heavy atom. The molecular formula is C30H46N4O8. The first-order valence-electron chi connectivity index (χ1n) is 14.3. The van der Waals surface area contributed by atoms with Gasteiger partial charge in [-0.05, 0) is 35.4 Å². The van der Waals surface area contributed by atoms with Crippen molar-refractivity contribution in [1.82, 2.24) is 10.6 Å². The van der Waals surface area contributed by atoms with Crippen LogP contribution in [-0.4, -0.2) is 91.0 Å². The molecule has 12 heteroatoms. The molecule has 0 heterocycles. The maximum Gasteiger partial charge on any atom is 0.220 e. The van der Waals surface area contributed by atoms with E-state index in [1.165, 1.54) is 0 Å². The maximum absolute atomic E-state index is 11.9. The Balaban J connectivity index is 1.29. The van der Waals surface area contributed by atoms with Crippen molar-refractivity contribution in [1.29, 1.82) is 0 Å². The Morgan fingerprint density at radius 2 is 0.833 bits per heavy atom. The lowest BCUT2D eigenvalue weighted by atomic mass is 10.2. The lowest BCUT2D eigenvalue weighted by molar-refractivity contribution is -0.126. The largest absolute Gasteiger partial charge is 0.491 e. The fourth-order valence-corrected chi connectivity index (χ4v) is 3.45. The maximum atomic E-state index is 11.9. The highest BCUT2D eigenvalue weighted by atomic mass is 16.5. The lowest BCUT2D eigenvalue weighted by Gasteiger charge is -2.09. The standard InChI is InChI=1S/C30H46N4O8/c31-23-25-1-5-27(6-2-25)41-21-19-39-17-15-37-13-11-33-29(35)9-10-30(36)34-12-14-38-16-18-40-20-22-42-28-7-3-26(24-32)4-8-28/h1-8H,9-24,31-32H2,(H,33,35)(H,34,36). The number of carbonyl (C=O) groups is 2. The summed E-state index contributed by atoms with van der Waals surface area (Å²) in [5.74, 6) is 1.14. The van der Waals surface area contributed by atoms with Gasteiger partial charge in [0.2, 0.25) is 11.8 Å². The minimum atomic E-state index is -0.202. The van der Waals surface area contributed by atoms with E-state index in [0.717, 1.165) is 22.6 Å². The van der Waals surface area contributed by atoms with E-state index >= 15 is 0 Å². The third kappa shape index (κ3) is 17.5. The third-order valence-corrected chi connectivity index (χ3v) is 5.77. The van der Waals surface area contributed by atoms with Crippen LogP contribution in [0.15, 0.2) is 48.5 Å². The van der Waals surface area contributed by atoms with Crippen molar-refractivity contribution in [3.05, 3.63) is 59.7 Å². The molecule has 0 fully saturated rings. The number of rotatable bonds is 25. The molecule has 0 bridgehead atoms. The average Bonchev–Trinajstić information content (AvgIpc) is 3.02. The molecule has 0 atom stereocenters. The van der Waals surface area contributed by atoms with E-state index in [1.54, 1.807) is 0 Å². The van der Waals surface area contributed by atoms with E-state index < -0.39 is 0 Å². The van der Waals surface area contributed by atoms with Crippen LogP contribution in [0.5, 0.6) is 11.5 Å². The van der Waals surface area contributed by atoms with Crippen LogP contribution in [-0.2, 0) is 41.6 Å². The molecule has 2 aromatic rings. The van der Waals surface area contributed by atoms with Crippen LogP contribution in [0, 0.1) is 0 Å². The minimum Gasteiger partial charge on any atom is -0.491 e. The van der Waals surface area contributed by atoms with Crippen LogP contribution in [0.3, 0.4) is 0 Å². The summed E-state index contributed by atoms with van der Waals surface area (Å²) in [6.45, 7) is 5.94. The second-order valence-corrected chi connectivity index (χ2v) is 9.04. The minimum absolute atomic E-state index is 0.109. The van der Waals surface area contributed by atoms with Gasteiger partial charge in [-0.15, -0.1) is 0 Å². The summed E-state index contributed by atoms with van der Waals surface area (Å²) in [5.41, 5.74) is 13.2. The van der Waals surface area contributed by atoms with E-state index in [1.807, 2.05) is 48.5 Å². The first-order valence-corrected chi connectivity index (χ1v) is 14.3. The van der Waals surface area contributed by atoms with E-state index in [2.05, 4.69) is 10.6 Å². The molecule has 0 unspecified atom stereocenters. The normalized spacial score (nSPS) is 10.8. The topological polar surface area (TPSA) is 166 Å². The molecule has 0 aromatic heterocycles. The molecule has 2 aromatic carbocycles. The Kier molecular flexibility index (Phi) is 19.4. The first kappa shape index (κ1) is 34.9. The number of hydrogen-bond acceptors (Lipinski definition) is 10. The number of benzene rings is 2. The van der Waals surface area contributed by atoms with Gasteiger partial charge in [0.25, 0.3) is 0 Å². The molecule has 0 spiro atoms. The number of amides is 2. The zero-order valence-corrected chi connectivity index (χ0v) is 24.4. The SMILES string of the molecule is NCc1ccc(OCCOCCOCCNC(=O)CCC(=O)NCCOCCOCCOc2ccc(CN)cc2)cc1. The van der Waals surface area contributed by atoms with Gasteiger partial charge in [-0.25, -0.2) is 0 Å². The fraction of sp³-hybridized carbons (Fsp3) is 0.533. The van der Waals surface area contributed by atoms with Crippen LogP contribution in [0.1, 0.15) is 24.0 Å². The molecule has 234 valence electrons. The highest BCUT2D eigenvalue weighted by Crippen LogP contribution is 2.12. The predicted molar refractivity (Wildman–Crippen MR) is 158 cm³/mol. The summed E-state index contributed by atoms with van der Waals surface area (Å²) in [6.07, 6.45) is 0.218. The predicted octanol–water partition coefficient (Wildman–Crippen LogP) is 1.14. The molecule has 12 nitrogen and oxygen atoms in total. The highest BCUT2D eigenvalue weighted by molar-refractivity contribution is 5.83. The molecular weight excluding hydrogens is 544 g/mol. The zero-order valence-electron chi connectivity index (χ0n) is 24.4. The van der Waals surface area contributed by atoms with Gasteiger partial charge in [0.15, 0.2) is 0 Å². The summed E-state index contributed by atoms with van der Waals surface area (Å²) >= 11 is 0. The van der Waals surface area contributed by atoms with Crippen LogP contribution < -0.4 is 31.6 Å². The van der Waals surface area contributed by atoms with Crippen molar-refractivity contribution in [3.8, 4) is 11.5 Å². The molecule has 2 amide bonds. The van der Waals surface area contributed by atoms with Crippen molar-refractivity contribution in [3.63, 3.8) is 0 Å². The second kappa shape index (κ2) is 23.3. The summed E-state index contributed by atoms with van der Waals surface area (Å²) in [4.78, 5) is 23.8. The van der Waals surface area contributed by atoms with E-state index in [4.69, 9.17) is 39.9 Å². The van der Waals surface area contributed by atoms with Crippen LogP contribution in [0.2, 0.25) is 0 Å². The Bertz CT molecular complexity index is 897. The molecule has 0 saturated carbocycles. The molecule has 42 heavy (non-hydrogen) atoms. The van der Waals surface area contributed by atoms with Crippen LogP contribution in [0.4, 0.5) is 0 Å². The Morgan fingerprint density at radius 1 is 0.500 bits per heavy atom. The quantitative estimate of drug-likeness (QED) is 0.123. The zero-order chi connectivity index (χ0) is 30.1. The molecule has 6 N–H and O–H groups in total. The van der Waals surface area contributed by atoms with Crippen molar-refractivity contribution in [2.45, 2.75) is 25.9 Å². The Labute approximate surface area is 248 Å². The number of nitrogens with two attached hydrogens (primary N) is 2. The second-order valence-electron chi connectivity index (χ2n) is 9.04. The van der Waals surface area contributed by atoms with Gasteiger partial charge in [0.1, 0.15) is 24.7 Å². The van der Waals surface area contributed by atoms with Crippen molar-refractivity contribution >= 4 is 11.8 Å². The highest BCUT2D eigenvalue weighted by Gasteiger charge is 2.06. The van der Waals surface area contributed by atoms with Crippen LogP contribution >= 0.6 is 0 Å². The van der Waals surface area contributed by atoms with Crippen LogP contribution in [0.25, 0.3) is 0 Å². The monoisotopic (exact) mass is 590 g/mol. The molecule has 0 aliphatic heterocycles. The summed E-state index contributed by atoms with van der Waals surface area (Å²) < 4.78 is 33.0. The molecule has 0 aliphatic carbocycles. The fourth-order valence-electron chi connectivity index (χ4n) is 3.45. The first-order chi connectivity index (χ1) is 20.6. The lowest BCUT2D eigenvalue weighted by Crippen LogP contribution is -2.31. The Hall–Kier alpha value is -3.26. The number of carbonyl (C=O) groups excluding carboxylic acids is 2. The van der Waals surface area contributed by atoms with Gasteiger partial charge in [-0.2, -0.15) is 0 Å². The molecule has 2 rings (SSSR count). The number of ether oxygens (including phenoxy) is 6. The summed E-state index contributed by atoms with van der Waals surface area (Å²) in [5, 5.41) is 5.46. The van der Waals surface area contributed by atoms with E-state index in [-0.39, 0.29) is 24.7 Å². The van der Waals surface area contributed by atoms with Gasteiger partial charge in [-0.1, -0.05) is 24.3 Å². The smallest absolute Gasteiger partial charge is 0.220 e. The summed E-state index contributed by atoms with van der Waals surface area (Å²) in [7, 11) is 0. The van der Waals surface area contributed by atoms with Gasteiger partial charge in [0, 0.05) is 39.0 Å². The van der Waals surface area contributed by atoms with Gasteiger partial charge in [0.05, 0.1) is 52.9 Å². The van der Waals surface area contributed by atoms with Gasteiger partial charge in [-0.3, -0.25) is 9.59 Å². The number of hydrogen-bond donors (Lipinski definition) is 4. The third-order valence-electron chi connectivity index (χ3n) is 5.77. The number of nitrogens with one attached hydrogen (secondary N) is 2. The summed E-state index contributed by atoms with van der Waals surface area (Å²) in [6, 6.07) is 15.2. The van der Waals surface area contributed by atoms with E-state index in [9.17, 15) is 9.59 Å². The van der Waals surface area contributed by atoms with E-state index in [0.29, 0.717) is 92.2 Å². The average molecular weight is 591 g/mol. The van der Waals surface area contributed by atoms with Gasteiger partial charge >= 0.3 is 0 Å². The molecule has 0 aliphatic rings. The van der Waals surface area contributed by atoms with Crippen molar-refractivity contribution in [2.24, 2.45) is 11.5 Å².